The summed E-state index contributed by atoms with van der Waals surface area (Å²) in [7, 11) is 0. The van der Waals surface area contributed by atoms with Gasteiger partial charge in [0.1, 0.15) is 5.76 Å². The predicted octanol–water partition coefficient (Wildman–Crippen LogP) is 3.14. The zero-order valence-corrected chi connectivity index (χ0v) is 13.6. The van der Waals surface area contributed by atoms with Crippen LogP contribution in [0.2, 0.25) is 0 Å². The van der Waals surface area contributed by atoms with Crippen molar-refractivity contribution in [1.29, 1.82) is 0 Å². The molecule has 1 heterocycles. The van der Waals surface area contributed by atoms with E-state index in [1.807, 2.05) is 30.3 Å². The average Bonchev–Trinajstić information content (AvgIpc) is 3.19. The molecule has 126 valence electrons. The Kier molecular flexibility index (Phi) is 5.26. The van der Waals surface area contributed by atoms with Crippen LogP contribution >= 0.6 is 0 Å². The highest BCUT2D eigenvalue weighted by molar-refractivity contribution is 5.97. The largest absolute Gasteiger partial charge is 0.467 e. The molecule has 2 N–H and O–H groups in total. The van der Waals surface area contributed by atoms with Crippen molar-refractivity contribution in [3.8, 4) is 0 Å². The summed E-state index contributed by atoms with van der Waals surface area (Å²) in [5.74, 6) is 0.296. The monoisotopic (exact) mass is 334 g/mol. The Morgan fingerprint density at radius 2 is 1.32 bits per heavy atom. The lowest BCUT2D eigenvalue weighted by atomic mass is 10.1. The normalized spacial score (nSPS) is 10.2. The summed E-state index contributed by atoms with van der Waals surface area (Å²) in [6.07, 6.45) is 1.56. The van der Waals surface area contributed by atoms with E-state index in [4.69, 9.17) is 4.42 Å². The van der Waals surface area contributed by atoms with Gasteiger partial charge < -0.3 is 15.1 Å². The first-order valence-electron chi connectivity index (χ1n) is 7.95. The molecule has 0 aliphatic rings. The molecule has 25 heavy (non-hydrogen) atoms. The van der Waals surface area contributed by atoms with Crippen LogP contribution < -0.4 is 10.6 Å². The van der Waals surface area contributed by atoms with Crippen LogP contribution in [-0.2, 0) is 13.1 Å². The highest BCUT2D eigenvalue weighted by Gasteiger charge is 2.09. The van der Waals surface area contributed by atoms with Crippen LogP contribution in [0.3, 0.4) is 0 Å². The number of benzene rings is 2. The molecule has 5 heteroatoms. The maximum atomic E-state index is 12.2. The van der Waals surface area contributed by atoms with Gasteiger partial charge in [0.05, 0.1) is 12.8 Å². The highest BCUT2D eigenvalue weighted by atomic mass is 16.3. The van der Waals surface area contributed by atoms with Gasteiger partial charge in [0.25, 0.3) is 11.8 Å². The lowest BCUT2D eigenvalue weighted by Crippen LogP contribution is -2.24. The molecule has 0 atom stereocenters. The van der Waals surface area contributed by atoms with E-state index in [1.165, 1.54) is 0 Å². The highest BCUT2D eigenvalue weighted by Crippen LogP contribution is 2.07. The number of furan rings is 1. The number of hydrogen-bond acceptors (Lipinski definition) is 3. The molecular formula is C20H18N2O3. The molecule has 0 aliphatic heterocycles. The predicted molar refractivity (Wildman–Crippen MR) is 93.9 cm³/mol. The van der Waals surface area contributed by atoms with Gasteiger partial charge in [0.15, 0.2) is 0 Å². The smallest absolute Gasteiger partial charge is 0.251 e. The lowest BCUT2D eigenvalue weighted by Gasteiger charge is -2.07. The Morgan fingerprint density at radius 1 is 0.720 bits per heavy atom. The first-order chi connectivity index (χ1) is 12.2. The van der Waals surface area contributed by atoms with Crippen molar-refractivity contribution in [2.45, 2.75) is 13.1 Å². The van der Waals surface area contributed by atoms with Gasteiger partial charge in [-0.05, 0) is 42.0 Å². The maximum absolute atomic E-state index is 12.2. The molecule has 0 bridgehead atoms. The van der Waals surface area contributed by atoms with Gasteiger partial charge in [-0.1, -0.05) is 30.3 Å². The Balaban J connectivity index is 1.54. The van der Waals surface area contributed by atoms with Crippen LogP contribution in [-0.4, -0.2) is 11.8 Å². The minimum atomic E-state index is -0.215. The summed E-state index contributed by atoms with van der Waals surface area (Å²) in [5.41, 5.74) is 2.04. The summed E-state index contributed by atoms with van der Waals surface area (Å²) >= 11 is 0. The molecule has 0 radical (unpaired) electrons. The van der Waals surface area contributed by atoms with Crippen molar-refractivity contribution in [3.63, 3.8) is 0 Å². The molecule has 3 rings (SSSR count). The quantitative estimate of drug-likeness (QED) is 0.727. The van der Waals surface area contributed by atoms with Crippen molar-refractivity contribution < 1.29 is 14.0 Å². The van der Waals surface area contributed by atoms with Crippen LogP contribution in [0.1, 0.15) is 32.0 Å². The van der Waals surface area contributed by atoms with Gasteiger partial charge in [-0.25, -0.2) is 0 Å². The minimum Gasteiger partial charge on any atom is -0.467 e. The topological polar surface area (TPSA) is 71.3 Å². The first kappa shape index (κ1) is 16.5. The molecule has 0 unspecified atom stereocenters. The van der Waals surface area contributed by atoms with E-state index in [0.717, 1.165) is 5.56 Å². The van der Waals surface area contributed by atoms with Gasteiger partial charge in [0.2, 0.25) is 0 Å². The molecule has 5 nitrogen and oxygen atoms in total. The zero-order chi connectivity index (χ0) is 17.5. The molecule has 3 aromatic rings. The summed E-state index contributed by atoms with van der Waals surface area (Å²) in [4.78, 5) is 24.2. The molecular weight excluding hydrogens is 316 g/mol. The third-order valence-electron chi connectivity index (χ3n) is 3.71. The number of hydrogen-bond donors (Lipinski definition) is 2. The van der Waals surface area contributed by atoms with Crippen molar-refractivity contribution in [3.05, 3.63) is 95.4 Å². The van der Waals surface area contributed by atoms with Crippen LogP contribution in [0.25, 0.3) is 0 Å². The fraction of sp³-hybridized carbons (Fsp3) is 0.100. The molecule has 2 aromatic carbocycles. The summed E-state index contributed by atoms with van der Waals surface area (Å²) in [6.45, 7) is 0.788. The van der Waals surface area contributed by atoms with Gasteiger partial charge in [0, 0.05) is 17.7 Å². The fourth-order valence-corrected chi connectivity index (χ4v) is 2.34. The lowest BCUT2D eigenvalue weighted by molar-refractivity contribution is 0.0937. The second kappa shape index (κ2) is 7.97. The molecule has 0 aliphatic carbocycles. The van der Waals surface area contributed by atoms with E-state index >= 15 is 0 Å². The molecule has 0 saturated heterocycles. The second-order valence-corrected chi connectivity index (χ2v) is 5.51. The van der Waals surface area contributed by atoms with E-state index in [0.29, 0.717) is 30.0 Å². The van der Waals surface area contributed by atoms with Crippen LogP contribution in [0, 0.1) is 0 Å². The molecule has 0 fully saturated rings. The Bertz CT molecular complexity index is 825. The second-order valence-electron chi connectivity index (χ2n) is 5.51. The molecule has 1 aromatic heterocycles. The first-order valence-corrected chi connectivity index (χ1v) is 7.95. The molecule has 0 saturated carbocycles. The zero-order valence-electron chi connectivity index (χ0n) is 13.6. The van der Waals surface area contributed by atoms with E-state index in [9.17, 15) is 9.59 Å². The van der Waals surface area contributed by atoms with Crippen LogP contribution in [0.15, 0.2) is 77.4 Å². The Hall–Kier alpha value is -3.34. The van der Waals surface area contributed by atoms with Crippen molar-refractivity contribution >= 4 is 11.8 Å². The number of carbonyl (C=O) groups excluding carboxylic acids is 2. The van der Waals surface area contributed by atoms with Gasteiger partial charge in [-0.15, -0.1) is 0 Å². The average molecular weight is 334 g/mol. The van der Waals surface area contributed by atoms with E-state index in [2.05, 4.69) is 10.6 Å². The summed E-state index contributed by atoms with van der Waals surface area (Å²) < 4.78 is 5.17. The van der Waals surface area contributed by atoms with Crippen molar-refractivity contribution in [1.82, 2.24) is 10.6 Å². The number of carbonyl (C=O) groups is 2. The third kappa shape index (κ3) is 4.57. The van der Waals surface area contributed by atoms with Gasteiger partial charge >= 0.3 is 0 Å². The Labute approximate surface area is 145 Å². The summed E-state index contributed by atoms with van der Waals surface area (Å²) in [6, 6.07) is 19.8. The molecule has 2 amide bonds. The fourth-order valence-electron chi connectivity index (χ4n) is 2.34. The number of nitrogens with one attached hydrogen (secondary N) is 2. The van der Waals surface area contributed by atoms with Gasteiger partial charge in [-0.3, -0.25) is 9.59 Å². The number of amides is 2. The van der Waals surface area contributed by atoms with Crippen molar-refractivity contribution in [2.75, 3.05) is 0 Å². The van der Waals surface area contributed by atoms with Crippen LogP contribution in [0.4, 0.5) is 0 Å². The number of rotatable bonds is 6. The van der Waals surface area contributed by atoms with E-state index in [1.54, 1.807) is 42.7 Å². The Morgan fingerprint density at radius 3 is 1.88 bits per heavy atom. The van der Waals surface area contributed by atoms with Gasteiger partial charge in [-0.2, -0.15) is 0 Å². The standard InChI is InChI=1S/C20H18N2O3/c23-19(21-13-15-5-2-1-3-6-15)16-8-10-17(11-9-16)20(24)22-14-18-7-4-12-25-18/h1-12H,13-14H2,(H,21,23)(H,22,24). The third-order valence-corrected chi connectivity index (χ3v) is 3.71. The summed E-state index contributed by atoms with van der Waals surface area (Å²) in [5, 5.41) is 5.62. The van der Waals surface area contributed by atoms with Crippen LogP contribution in [0.5, 0.6) is 0 Å². The van der Waals surface area contributed by atoms with E-state index < -0.39 is 0 Å². The SMILES string of the molecule is O=C(NCc1ccccc1)c1ccc(C(=O)NCc2ccco2)cc1. The molecule has 0 spiro atoms. The maximum Gasteiger partial charge on any atom is 0.251 e. The minimum absolute atomic E-state index is 0.175. The van der Waals surface area contributed by atoms with Crippen molar-refractivity contribution in [2.24, 2.45) is 0 Å². The van der Waals surface area contributed by atoms with E-state index in [-0.39, 0.29) is 11.8 Å².